The lowest BCUT2D eigenvalue weighted by molar-refractivity contribution is 0.102. The normalized spacial score (nSPS) is 15.1. The van der Waals surface area contributed by atoms with E-state index < -0.39 is 10.0 Å². The van der Waals surface area contributed by atoms with Gasteiger partial charge in [0.15, 0.2) is 0 Å². The van der Waals surface area contributed by atoms with Gasteiger partial charge in [-0.25, -0.2) is 13.1 Å². The summed E-state index contributed by atoms with van der Waals surface area (Å²) in [5.74, 6) is -0.299. The standard InChI is InChI=1S/C22H24N4O3S/c1-17-6-9-19(16-21(17)30(28,29)25-13-3-2-4-14-25)24-22(27)18-7-10-20(11-8-18)26-15-5-12-23-26/h5-12,15-16H,2-4,13-14H2,1H3,(H,24,27). The molecule has 0 saturated carbocycles. The summed E-state index contributed by atoms with van der Waals surface area (Å²) in [5, 5.41) is 6.97. The Labute approximate surface area is 176 Å². The summed E-state index contributed by atoms with van der Waals surface area (Å²) >= 11 is 0. The van der Waals surface area contributed by atoms with Crippen LogP contribution in [0.4, 0.5) is 5.69 Å². The van der Waals surface area contributed by atoms with Crippen molar-refractivity contribution in [1.82, 2.24) is 14.1 Å². The summed E-state index contributed by atoms with van der Waals surface area (Å²) < 4.78 is 29.4. The molecule has 0 aliphatic carbocycles. The number of hydrogen-bond acceptors (Lipinski definition) is 4. The largest absolute Gasteiger partial charge is 0.322 e. The third kappa shape index (κ3) is 4.15. The Morgan fingerprint density at radius 3 is 2.43 bits per heavy atom. The van der Waals surface area contributed by atoms with Gasteiger partial charge in [0.25, 0.3) is 5.91 Å². The van der Waals surface area contributed by atoms with E-state index in [1.165, 1.54) is 0 Å². The molecule has 0 atom stereocenters. The van der Waals surface area contributed by atoms with Crippen molar-refractivity contribution >= 4 is 21.6 Å². The van der Waals surface area contributed by atoms with E-state index in [0.717, 1.165) is 24.9 Å². The number of carbonyl (C=O) groups is 1. The number of nitrogens with one attached hydrogen (secondary N) is 1. The van der Waals surface area contributed by atoms with Crippen LogP contribution in [0.5, 0.6) is 0 Å². The van der Waals surface area contributed by atoms with Gasteiger partial charge in [-0.05, 0) is 67.8 Å². The van der Waals surface area contributed by atoms with Crippen molar-refractivity contribution in [2.45, 2.75) is 31.1 Å². The number of aromatic nitrogens is 2. The Bertz CT molecular complexity index is 1130. The highest BCUT2D eigenvalue weighted by molar-refractivity contribution is 7.89. The summed E-state index contributed by atoms with van der Waals surface area (Å²) in [7, 11) is -3.57. The number of hydrogen-bond donors (Lipinski definition) is 1. The van der Waals surface area contributed by atoms with Gasteiger partial charge in [-0.15, -0.1) is 0 Å². The van der Waals surface area contributed by atoms with Crippen LogP contribution in [0.2, 0.25) is 0 Å². The van der Waals surface area contributed by atoms with Crippen molar-refractivity contribution in [2.75, 3.05) is 18.4 Å². The number of amides is 1. The van der Waals surface area contributed by atoms with Crippen LogP contribution in [-0.4, -0.2) is 41.5 Å². The number of nitrogens with zero attached hydrogens (tertiary/aromatic N) is 3. The molecular weight excluding hydrogens is 400 g/mol. The SMILES string of the molecule is Cc1ccc(NC(=O)c2ccc(-n3cccn3)cc2)cc1S(=O)(=O)N1CCCCC1. The second kappa shape index (κ2) is 8.41. The second-order valence-corrected chi connectivity index (χ2v) is 9.30. The Balaban J connectivity index is 1.53. The first-order chi connectivity index (χ1) is 14.4. The fourth-order valence-corrected chi connectivity index (χ4v) is 5.36. The minimum absolute atomic E-state index is 0.247. The zero-order valence-corrected chi connectivity index (χ0v) is 17.6. The molecule has 156 valence electrons. The molecule has 0 unspecified atom stereocenters. The molecule has 1 N–H and O–H groups in total. The Kier molecular flexibility index (Phi) is 5.69. The molecule has 1 aliphatic heterocycles. The van der Waals surface area contributed by atoms with E-state index in [0.29, 0.717) is 29.9 Å². The van der Waals surface area contributed by atoms with Crippen LogP contribution in [-0.2, 0) is 10.0 Å². The summed E-state index contributed by atoms with van der Waals surface area (Å²) in [6.45, 7) is 2.86. The van der Waals surface area contributed by atoms with Crippen LogP contribution in [0.25, 0.3) is 5.69 Å². The van der Waals surface area contributed by atoms with Gasteiger partial charge in [0, 0.05) is 36.7 Å². The van der Waals surface area contributed by atoms with Gasteiger partial charge in [-0.2, -0.15) is 9.40 Å². The molecule has 2 heterocycles. The smallest absolute Gasteiger partial charge is 0.255 e. The maximum Gasteiger partial charge on any atom is 0.255 e. The first-order valence-electron chi connectivity index (χ1n) is 9.97. The lowest BCUT2D eigenvalue weighted by Crippen LogP contribution is -2.36. The average Bonchev–Trinajstić information content (AvgIpc) is 3.31. The van der Waals surface area contributed by atoms with E-state index in [2.05, 4.69) is 10.4 Å². The fourth-order valence-electron chi connectivity index (χ4n) is 3.59. The number of benzene rings is 2. The highest BCUT2D eigenvalue weighted by atomic mass is 32.2. The van der Waals surface area contributed by atoms with Gasteiger partial charge in [0.2, 0.25) is 10.0 Å². The Morgan fingerprint density at radius 2 is 1.77 bits per heavy atom. The van der Waals surface area contributed by atoms with Crippen molar-refractivity contribution in [2.24, 2.45) is 0 Å². The van der Waals surface area contributed by atoms with E-state index >= 15 is 0 Å². The van der Waals surface area contributed by atoms with Crippen molar-refractivity contribution < 1.29 is 13.2 Å². The third-order valence-electron chi connectivity index (χ3n) is 5.28. The molecule has 0 radical (unpaired) electrons. The molecule has 1 saturated heterocycles. The maximum atomic E-state index is 13.1. The second-order valence-electron chi connectivity index (χ2n) is 7.40. The Hall–Kier alpha value is -2.97. The number of sulfonamides is 1. The number of aryl methyl sites for hydroxylation is 1. The molecule has 2 aromatic carbocycles. The zero-order valence-electron chi connectivity index (χ0n) is 16.8. The molecule has 7 nitrogen and oxygen atoms in total. The number of anilines is 1. The van der Waals surface area contributed by atoms with Gasteiger partial charge in [-0.1, -0.05) is 12.5 Å². The van der Waals surface area contributed by atoms with Crippen molar-refractivity contribution in [3.8, 4) is 5.69 Å². The average molecular weight is 425 g/mol. The molecule has 4 rings (SSSR count). The number of rotatable bonds is 5. The molecule has 30 heavy (non-hydrogen) atoms. The maximum absolute atomic E-state index is 13.1. The minimum Gasteiger partial charge on any atom is -0.322 e. The van der Waals surface area contributed by atoms with E-state index in [-0.39, 0.29) is 10.8 Å². The van der Waals surface area contributed by atoms with Crippen LogP contribution in [0.3, 0.4) is 0 Å². The monoisotopic (exact) mass is 424 g/mol. The highest BCUT2D eigenvalue weighted by Crippen LogP contribution is 2.26. The third-order valence-corrected chi connectivity index (χ3v) is 7.32. The molecule has 0 spiro atoms. The molecule has 1 aliphatic rings. The zero-order chi connectivity index (χ0) is 21.1. The summed E-state index contributed by atoms with van der Waals surface area (Å²) in [4.78, 5) is 12.9. The van der Waals surface area contributed by atoms with Gasteiger partial charge in [0.05, 0.1) is 10.6 Å². The molecule has 1 amide bonds. The molecule has 1 aromatic heterocycles. The van der Waals surface area contributed by atoms with Gasteiger partial charge in [0.1, 0.15) is 0 Å². The van der Waals surface area contributed by atoms with Crippen molar-refractivity contribution in [3.05, 3.63) is 72.1 Å². The highest BCUT2D eigenvalue weighted by Gasteiger charge is 2.27. The van der Waals surface area contributed by atoms with Gasteiger partial charge < -0.3 is 5.32 Å². The van der Waals surface area contributed by atoms with Crippen LogP contribution >= 0.6 is 0 Å². The molecule has 8 heteroatoms. The lowest BCUT2D eigenvalue weighted by Gasteiger charge is -2.26. The first-order valence-corrected chi connectivity index (χ1v) is 11.4. The van der Waals surface area contributed by atoms with Crippen molar-refractivity contribution in [3.63, 3.8) is 0 Å². The van der Waals surface area contributed by atoms with E-state index in [9.17, 15) is 13.2 Å². The molecule has 1 fully saturated rings. The van der Waals surface area contributed by atoms with Crippen LogP contribution in [0, 0.1) is 6.92 Å². The molecular formula is C22H24N4O3S. The van der Waals surface area contributed by atoms with E-state index in [1.807, 2.05) is 24.4 Å². The minimum atomic E-state index is -3.57. The summed E-state index contributed by atoms with van der Waals surface area (Å²) in [6, 6.07) is 13.9. The number of carbonyl (C=O) groups excluding carboxylic acids is 1. The van der Waals surface area contributed by atoms with Crippen LogP contribution < -0.4 is 5.32 Å². The first kappa shape index (κ1) is 20.3. The van der Waals surface area contributed by atoms with Crippen LogP contribution in [0.15, 0.2) is 65.8 Å². The van der Waals surface area contributed by atoms with E-state index in [1.54, 1.807) is 52.4 Å². The fraction of sp³-hybridized carbons (Fsp3) is 0.273. The lowest BCUT2D eigenvalue weighted by atomic mass is 10.1. The molecule has 3 aromatic rings. The predicted octanol–water partition coefficient (Wildman–Crippen LogP) is 3.61. The number of piperidine rings is 1. The van der Waals surface area contributed by atoms with E-state index in [4.69, 9.17) is 0 Å². The predicted molar refractivity (Wildman–Crippen MR) is 115 cm³/mol. The van der Waals surface area contributed by atoms with Gasteiger partial charge in [-0.3, -0.25) is 4.79 Å². The van der Waals surface area contributed by atoms with Gasteiger partial charge >= 0.3 is 0 Å². The topological polar surface area (TPSA) is 84.3 Å². The molecule has 0 bridgehead atoms. The Morgan fingerprint density at radius 1 is 1.03 bits per heavy atom. The quantitative estimate of drug-likeness (QED) is 0.678. The van der Waals surface area contributed by atoms with Crippen molar-refractivity contribution in [1.29, 1.82) is 0 Å². The van der Waals surface area contributed by atoms with Crippen LogP contribution in [0.1, 0.15) is 35.2 Å². The summed E-state index contributed by atoms with van der Waals surface area (Å²) in [6.07, 6.45) is 6.33. The summed E-state index contributed by atoms with van der Waals surface area (Å²) in [5.41, 5.74) is 2.45.